The quantitative estimate of drug-likeness (QED) is 0.440. The van der Waals surface area contributed by atoms with Gasteiger partial charge in [-0.3, -0.25) is 0 Å². The molecule has 0 aliphatic heterocycles. The molecule has 0 N–H and O–H groups in total. The Morgan fingerprint density at radius 3 is 1.60 bits per heavy atom. The Hall–Kier alpha value is 0.287. The minimum absolute atomic E-state index is 0.0920. The second-order valence-corrected chi connectivity index (χ2v) is 9.21. The van der Waals surface area contributed by atoms with Gasteiger partial charge in [-0.05, 0) is 13.8 Å². The van der Waals surface area contributed by atoms with E-state index >= 15 is 0 Å². The van der Waals surface area contributed by atoms with E-state index < -0.39 is 8.07 Å². The third kappa shape index (κ3) is 1.88. The molecule has 0 aromatic rings. The molecule has 0 unspecified atom stereocenters. The third-order valence-electron chi connectivity index (χ3n) is 1.82. The maximum Gasteiger partial charge on any atom is 0.213 e. The van der Waals surface area contributed by atoms with E-state index in [0.717, 1.165) is 0 Å². The molecule has 10 heavy (non-hydrogen) atoms. The molecular formula is C6H11IO2Si. The lowest BCUT2D eigenvalue weighted by Crippen LogP contribution is -2.49. The molecule has 0 radical (unpaired) electrons. The first-order valence-corrected chi connectivity index (χ1v) is 7.26. The number of hydrogen-bond donors (Lipinski definition) is 0. The summed E-state index contributed by atoms with van der Waals surface area (Å²) >= 11 is 2.12. The molecule has 0 amide bonds. The van der Waals surface area contributed by atoms with Crippen molar-refractivity contribution in [1.82, 2.24) is 0 Å². The van der Waals surface area contributed by atoms with E-state index in [4.69, 9.17) is 0 Å². The summed E-state index contributed by atoms with van der Waals surface area (Å²) in [6.07, 6.45) is 0. The maximum atomic E-state index is 11.0. The topological polar surface area (TPSA) is 34.1 Å². The van der Waals surface area contributed by atoms with Crippen molar-refractivity contribution in [2.75, 3.05) is 4.05 Å². The second kappa shape index (κ2) is 3.61. The average Bonchev–Trinajstić information content (AvgIpc) is 1.85. The fourth-order valence-electron chi connectivity index (χ4n) is 0.436. The zero-order chi connectivity index (χ0) is 8.36. The van der Waals surface area contributed by atoms with Crippen molar-refractivity contribution < 1.29 is 9.59 Å². The normalized spacial score (nSPS) is 11.2. The molecule has 0 aliphatic rings. The minimum atomic E-state index is -2.17. The smallest absolute Gasteiger partial charge is 0.213 e. The summed E-state index contributed by atoms with van der Waals surface area (Å²) in [6, 6.07) is 0. The van der Waals surface area contributed by atoms with E-state index in [0.29, 0.717) is 4.05 Å². The summed E-state index contributed by atoms with van der Waals surface area (Å²) in [7, 11) is -2.17. The van der Waals surface area contributed by atoms with Crippen molar-refractivity contribution in [2.45, 2.75) is 20.4 Å². The van der Waals surface area contributed by atoms with Gasteiger partial charge in [-0.15, -0.1) is 0 Å². The van der Waals surface area contributed by atoms with Crippen LogP contribution in [0, 0.1) is 0 Å². The highest BCUT2D eigenvalue weighted by Crippen LogP contribution is 2.09. The van der Waals surface area contributed by atoms with Crippen LogP contribution >= 0.6 is 22.6 Å². The first-order chi connectivity index (χ1) is 4.45. The van der Waals surface area contributed by atoms with Gasteiger partial charge in [0.15, 0.2) is 0 Å². The van der Waals surface area contributed by atoms with Crippen molar-refractivity contribution in [3.05, 3.63) is 0 Å². The molecule has 58 valence electrons. The van der Waals surface area contributed by atoms with Crippen molar-refractivity contribution in [2.24, 2.45) is 0 Å². The Balaban J connectivity index is 4.55. The largest absolute Gasteiger partial charge is 0.305 e. The molecule has 0 bridgehead atoms. The minimum Gasteiger partial charge on any atom is -0.305 e. The number of carbonyl (C=O) groups excluding carboxylic acids is 2. The van der Waals surface area contributed by atoms with Gasteiger partial charge in [-0.1, -0.05) is 29.1 Å². The SMILES string of the molecule is CC(=O)[Si](C)(CI)C(C)=O. The van der Waals surface area contributed by atoms with Gasteiger partial charge in [-0.25, -0.2) is 0 Å². The number of alkyl halides is 1. The number of hydrogen-bond acceptors (Lipinski definition) is 2. The Morgan fingerprint density at radius 1 is 1.30 bits per heavy atom. The van der Waals surface area contributed by atoms with Crippen molar-refractivity contribution in [3.8, 4) is 0 Å². The van der Waals surface area contributed by atoms with Crippen LogP contribution in [-0.4, -0.2) is 22.9 Å². The summed E-state index contributed by atoms with van der Waals surface area (Å²) in [5, 5.41) is 0.184. The molecule has 0 aromatic heterocycles. The van der Waals surface area contributed by atoms with Gasteiger partial charge in [0, 0.05) is 4.05 Å². The zero-order valence-corrected chi connectivity index (χ0v) is 9.56. The highest BCUT2D eigenvalue weighted by atomic mass is 127. The number of rotatable bonds is 3. The van der Waals surface area contributed by atoms with Crippen LogP contribution in [0.1, 0.15) is 13.8 Å². The third-order valence-corrected chi connectivity index (χ3v) is 10.0. The standard InChI is InChI=1S/C6H11IO2Si/c1-5(8)10(3,4-7)6(2)9/h4H2,1-3H3. The van der Waals surface area contributed by atoms with Crippen LogP contribution in [0.5, 0.6) is 0 Å². The van der Waals surface area contributed by atoms with Crippen LogP contribution < -0.4 is 0 Å². The summed E-state index contributed by atoms with van der Waals surface area (Å²) in [5.74, 6) is 0. The highest BCUT2D eigenvalue weighted by Gasteiger charge is 2.37. The number of halogens is 1. The lowest BCUT2D eigenvalue weighted by molar-refractivity contribution is -0.114. The Morgan fingerprint density at radius 2 is 1.60 bits per heavy atom. The van der Waals surface area contributed by atoms with E-state index in [9.17, 15) is 9.59 Å². The van der Waals surface area contributed by atoms with Crippen LogP contribution in [0.3, 0.4) is 0 Å². The second-order valence-electron chi connectivity index (χ2n) is 2.58. The monoisotopic (exact) mass is 270 g/mol. The van der Waals surface area contributed by atoms with Crippen LogP contribution in [0.4, 0.5) is 0 Å². The summed E-state index contributed by atoms with van der Waals surface area (Å²) in [5.41, 5.74) is 0. The van der Waals surface area contributed by atoms with Crippen LogP contribution in [0.2, 0.25) is 6.55 Å². The molecule has 0 fully saturated rings. The van der Waals surface area contributed by atoms with Crippen molar-refractivity contribution in [3.63, 3.8) is 0 Å². The Bertz CT molecular complexity index is 153. The molecule has 2 nitrogen and oxygen atoms in total. The average molecular weight is 270 g/mol. The van der Waals surface area contributed by atoms with Gasteiger partial charge in [-0.2, -0.15) is 0 Å². The predicted molar refractivity (Wildman–Crippen MR) is 51.9 cm³/mol. The van der Waals surface area contributed by atoms with Gasteiger partial charge in [0.2, 0.25) is 8.07 Å². The fourth-order valence-corrected chi connectivity index (χ4v) is 4.53. The fraction of sp³-hybridized carbons (Fsp3) is 0.667. The van der Waals surface area contributed by atoms with Crippen molar-refractivity contribution >= 4 is 41.5 Å². The molecule has 0 rings (SSSR count). The van der Waals surface area contributed by atoms with E-state index in [-0.39, 0.29) is 10.8 Å². The molecule has 0 heterocycles. The Labute approximate surface area is 75.5 Å². The van der Waals surface area contributed by atoms with Gasteiger partial charge < -0.3 is 9.59 Å². The molecule has 0 aliphatic carbocycles. The molecule has 4 heteroatoms. The molecular weight excluding hydrogens is 259 g/mol. The first-order valence-electron chi connectivity index (χ1n) is 3.03. The first kappa shape index (κ1) is 10.3. The molecule has 0 saturated carbocycles. The van der Waals surface area contributed by atoms with Gasteiger partial charge in [0.05, 0.1) is 0 Å². The highest BCUT2D eigenvalue weighted by molar-refractivity contribution is 14.1. The summed E-state index contributed by atoms with van der Waals surface area (Å²) in [4.78, 5) is 21.9. The van der Waals surface area contributed by atoms with Gasteiger partial charge in [0.1, 0.15) is 10.8 Å². The molecule has 0 aromatic carbocycles. The molecule has 0 atom stereocenters. The Kier molecular flexibility index (Phi) is 3.72. The van der Waals surface area contributed by atoms with Gasteiger partial charge >= 0.3 is 0 Å². The van der Waals surface area contributed by atoms with Crippen molar-refractivity contribution in [1.29, 1.82) is 0 Å². The zero-order valence-electron chi connectivity index (χ0n) is 6.40. The maximum absolute atomic E-state index is 11.0. The summed E-state index contributed by atoms with van der Waals surface area (Å²) in [6.45, 7) is 4.86. The molecule has 0 saturated heterocycles. The van der Waals surface area contributed by atoms with Gasteiger partial charge in [0.25, 0.3) is 0 Å². The lowest BCUT2D eigenvalue weighted by atomic mass is 10.9. The van der Waals surface area contributed by atoms with E-state index in [1.807, 2.05) is 6.55 Å². The number of carbonyl (C=O) groups is 2. The van der Waals surface area contributed by atoms with Crippen LogP contribution in [0.25, 0.3) is 0 Å². The van der Waals surface area contributed by atoms with Crippen LogP contribution in [0.15, 0.2) is 0 Å². The predicted octanol–water partition coefficient (Wildman–Crippen LogP) is 1.30. The van der Waals surface area contributed by atoms with E-state index in [1.54, 1.807) is 0 Å². The van der Waals surface area contributed by atoms with E-state index in [2.05, 4.69) is 22.6 Å². The van der Waals surface area contributed by atoms with Crippen LogP contribution in [-0.2, 0) is 9.59 Å². The summed E-state index contributed by atoms with van der Waals surface area (Å²) < 4.78 is 0.704. The molecule has 0 spiro atoms. The van der Waals surface area contributed by atoms with E-state index in [1.165, 1.54) is 13.8 Å². The lowest BCUT2D eigenvalue weighted by Gasteiger charge is -2.16.